The normalized spacial score (nSPS) is 11.3. The third-order valence-electron chi connectivity index (χ3n) is 3.44. The Morgan fingerprint density at radius 2 is 1.71 bits per heavy atom. The predicted octanol–water partition coefficient (Wildman–Crippen LogP) is 5.18. The van der Waals surface area contributed by atoms with Crippen molar-refractivity contribution in [1.82, 2.24) is 9.78 Å². The van der Waals surface area contributed by atoms with Crippen LogP contribution in [0.5, 0.6) is 0 Å². The van der Waals surface area contributed by atoms with E-state index in [4.69, 9.17) is 34.8 Å². The van der Waals surface area contributed by atoms with E-state index in [1.165, 1.54) is 10.9 Å². The molecule has 0 bridgehead atoms. The number of halogens is 3. The van der Waals surface area contributed by atoms with E-state index in [1.54, 1.807) is 49.4 Å². The van der Waals surface area contributed by atoms with Crippen molar-refractivity contribution < 1.29 is 0 Å². The minimum Gasteiger partial charge on any atom is -0.295 e. The number of hydrogen-bond donors (Lipinski definition) is 1. The van der Waals surface area contributed by atoms with Gasteiger partial charge < -0.3 is 0 Å². The van der Waals surface area contributed by atoms with Gasteiger partial charge >= 0.3 is 0 Å². The minimum atomic E-state index is -0.205. The molecule has 1 N–H and O–H groups in total. The highest BCUT2D eigenvalue weighted by Crippen LogP contribution is 2.27. The fraction of sp³-hybridized carbons (Fsp3) is 0.0588. The van der Waals surface area contributed by atoms with Crippen molar-refractivity contribution >= 4 is 46.7 Å². The lowest BCUT2D eigenvalue weighted by molar-refractivity contribution is 0.835. The minimum absolute atomic E-state index is 0.205. The summed E-state index contributed by atoms with van der Waals surface area (Å²) in [6.07, 6.45) is 1.50. The number of aromatic amines is 1. The van der Waals surface area contributed by atoms with E-state index in [1.807, 2.05) is 0 Å². The van der Waals surface area contributed by atoms with Crippen molar-refractivity contribution in [2.75, 3.05) is 0 Å². The molecule has 0 aliphatic heterocycles. The van der Waals surface area contributed by atoms with Gasteiger partial charge in [0.05, 0.1) is 22.0 Å². The second-order valence-corrected chi connectivity index (χ2v) is 6.40. The molecule has 122 valence electrons. The summed E-state index contributed by atoms with van der Waals surface area (Å²) in [4.78, 5) is 16.9. The summed E-state index contributed by atoms with van der Waals surface area (Å²) < 4.78 is 1.44. The maximum atomic E-state index is 12.6. The molecule has 0 saturated carbocycles. The second kappa shape index (κ2) is 6.85. The molecule has 1 aromatic heterocycles. The third kappa shape index (κ3) is 3.41. The molecule has 7 heteroatoms. The zero-order valence-electron chi connectivity index (χ0n) is 12.6. The molecule has 3 rings (SSSR count). The monoisotopic (exact) mass is 379 g/mol. The van der Waals surface area contributed by atoms with E-state index in [2.05, 4.69) is 10.1 Å². The fourth-order valence-corrected chi connectivity index (χ4v) is 2.79. The molecule has 0 aliphatic rings. The van der Waals surface area contributed by atoms with Crippen molar-refractivity contribution in [3.05, 3.63) is 79.1 Å². The van der Waals surface area contributed by atoms with Crippen molar-refractivity contribution in [3.8, 4) is 5.69 Å². The summed E-state index contributed by atoms with van der Waals surface area (Å²) in [7, 11) is 0. The lowest BCUT2D eigenvalue weighted by Gasteiger charge is -2.00. The molecule has 24 heavy (non-hydrogen) atoms. The Kier molecular flexibility index (Phi) is 4.81. The number of nitrogens with one attached hydrogen (secondary N) is 1. The molecule has 0 unspecified atom stereocenters. The lowest BCUT2D eigenvalue weighted by Crippen LogP contribution is -2.17. The molecular formula is C17H12Cl3N3O. The van der Waals surface area contributed by atoms with Crippen molar-refractivity contribution in [1.29, 1.82) is 0 Å². The first-order valence-corrected chi connectivity index (χ1v) is 8.16. The number of aryl methyl sites for hydroxylation is 1. The summed E-state index contributed by atoms with van der Waals surface area (Å²) in [5.41, 5.74) is 2.18. The molecule has 4 nitrogen and oxygen atoms in total. The maximum absolute atomic E-state index is 12.6. The molecule has 0 amide bonds. The number of rotatable bonds is 3. The van der Waals surface area contributed by atoms with Gasteiger partial charge in [-0.3, -0.25) is 14.9 Å². The summed E-state index contributed by atoms with van der Waals surface area (Å²) in [5.74, 6) is 0. The van der Waals surface area contributed by atoms with Crippen LogP contribution in [0.3, 0.4) is 0 Å². The van der Waals surface area contributed by atoms with E-state index >= 15 is 0 Å². The summed E-state index contributed by atoms with van der Waals surface area (Å²) in [6.45, 7) is 1.80. The molecule has 0 saturated heterocycles. The highest BCUT2D eigenvalue weighted by Gasteiger charge is 2.11. The predicted molar refractivity (Wildman–Crippen MR) is 99.9 cm³/mol. The quantitative estimate of drug-likeness (QED) is 0.625. The number of aliphatic imine (C=N–C) groups is 1. The highest BCUT2D eigenvalue weighted by atomic mass is 35.5. The molecule has 2 aromatic carbocycles. The van der Waals surface area contributed by atoms with Gasteiger partial charge in [0.15, 0.2) is 0 Å². The van der Waals surface area contributed by atoms with E-state index in [0.717, 1.165) is 0 Å². The van der Waals surface area contributed by atoms with Gasteiger partial charge in [0.2, 0.25) is 0 Å². The van der Waals surface area contributed by atoms with Crippen LogP contribution in [0.4, 0.5) is 5.69 Å². The van der Waals surface area contributed by atoms with Gasteiger partial charge in [-0.2, -0.15) is 0 Å². The standard InChI is InChI=1S/C17H12Cl3N3O/c1-10-14(9-21-16-7-4-12(19)8-15(16)20)17(24)23(22-10)13-5-2-11(18)3-6-13/h2-9,22H,1H3. The average Bonchev–Trinajstić information content (AvgIpc) is 2.82. The van der Waals surface area contributed by atoms with Gasteiger partial charge in [-0.15, -0.1) is 0 Å². The van der Waals surface area contributed by atoms with E-state index in [9.17, 15) is 4.79 Å². The Balaban J connectivity index is 1.99. The van der Waals surface area contributed by atoms with Crippen LogP contribution in [0.25, 0.3) is 5.69 Å². The summed E-state index contributed by atoms with van der Waals surface area (Å²) in [5, 5.41) is 4.58. The molecule has 0 radical (unpaired) electrons. The van der Waals surface area contributed by atoms with E-state index < -0.39 is 0 Å². The van der Waals surface area contributed by atoms with Crippen molar-refractivity contribution in [2.24, 2.45) is 4.99 Å². The van der Waals surface area contributed by atoms with E-state index in [0.29, 0.717) is 37.7 Å². The van der Waals surface area contributed by atoms with Crippen molar-refractivity contribution in [3.63, 3.8) is 0 Å². The SMILES string of the molecule is Cc1[nH]n(-c2ccc(Cl)cc2)c(=O)c1C=Nc1ccc(Cl)cc1Cl. The van der Waals surface area contributed by atoms with Crippen LogP contribution in [0, 0.1) is 6.92 Å². The first-order chi connectivity index (χ1) is 11.5. The molecule has 3 aromatic rings. The topological polar surface area (TPSA) is 50.1 Å². The Morgan fingerprint density at radius 1 is 1.04 bits per heavy atom. The zero-order valence-corrected chi connectivity index (χ0v) is 14.8. The first-order valence-electron chi connectivity index (χ1n) is 7.02. The van der Waals surface area contributed by atoms with Crippen LogP contribution in [0.2, 0.25) is 15.1 Å². The van der Waals surface area contributed by atoms with Crippen LogP contribution in [-0.4, -0.2) is 16.0 Å². The lowest BCUT2D eigenvalue weighted by atomic mass is 10.2. The number of hydrogen-bond acceptors (Lipinski definition) is 2. The Hall–Kier alpha value is -2.01. The number of H-pyrrole nitrogens is 1. The number of aromatic nitrogens is 2. The first kappa shape index (κ1) is 16.8. The Labute approximate surface area is 153 Å². The largest absolute Gasteiger partial charge is 0.295 e. The van der Waals surface area contributed by atoms with Gasteiger partial charge in [0.1, 0.15) is 0 Å². The second-order valence-electron chi connectivity index (χ2n) is 5.12. The van der Waals surface area contributed by atoms with Crippen LogP contribution in [0.15, 0.2) is 52.3 Å². The Morgan fingerprint density at radius 3 is 2.38 bits per heavy atom. The molecule has 0 aliphatic carbocycles. The zero-order chi connectivity index (χ0) is 17.3. The highest BCUT2D eigenvalue weighted by molar-refractivity contribution is 6.36. The number of benzene rings is 2. The third-order valence-corrected chi connectivity index (χ3v) is 4.23. The van der Waals surface area contributed by atoms with Crippen LogP contribution < -0.4 is 5.56 Å². The maximum Gasteiger partial charge on any atom is 0.280 e. The molecule has 0 fully saturated rings. The number of nitrogens with zero attached hydrogens (tertiary/aromatic N) is 2. The average molecular weight is 381 g/mol. The van der Waals surface area contributed by atoms with Gasteiger partial charge in [-0.05, 0) is 49.4 Å². The summed E-state index contributed by atoms with van der Waals surface area (Å²) >= 11 is 17.8. The van der Waals surface area contributed by atoms with Crippen LogP contribution in [-0.2, 0) is 0 Å². The van der Waals surface area contributed by atoms with Gasteiger partial charge in [0.25, 0.3) is 5.56 Å². The molecular weight excluding hydrogens is 369 g/mol. The van der Waals surface area contributed by atoms with Crippen molar-refractivity contribution in [2.45, 2.75) is 6.92 Å². The van der Waals surface area contributed by atoms with E-state index in [-0.39, 0.29) is 5.56 Å². The smallest absolute Gasteiger partial charge is 0.280 e. The fourth-order valence-electron chi connectivity index (χ4n) is 2.20. The molecule has 0 spiro atoms. The molecule has 0 atom stereocenters. The van der Waals surface area contributed by atoms with Gasteiger partial charge in [-0.1, -0.05) is 34.8 Å². The Bertz CT molecular complexity index is 972. The van der Waals surface area contributed by atoms with Crippen LogP contribution >= 0.6 is 34.8 Å². The summed E-state index contributed by atoms with van der Waals surface area (Å²) in [6, 6.07) is 12.0. The molecule has 1 heterocycles. The van der Waals surface area contributed by atoms with Crippen LogP contribution in [0.1, 0.15) is 11.3 Å². The van der Waals surface area contributed by atoms with Gasteiger partial charge in [-0.25, -0.2) is 4.68 Å². The van der Waals surface area contributed by atoms with Gasteiger partial charge in [0, 0.05) is 22.0 Å².